The van der Waals surface area contributed by atoms with Crippen molar-refractivity contribution in [2.24, 2.45) is 0 Å². The molecule has 0 aliphatic carbocycles. The third kappa shape index (κ3) is 4.66. The van der Waals surface area contributed by atoms with E-state index in [1.54, 1.807) is 6.20 Å². The van der Waals surface area contributed by atoms with E-state index in [9.17, 15) is 4.79 Å². The topological polar surface area (TPSA) is 53.4 Å². The van der Waals surface area contributed by atoms with E-state index in [-0.39, 0.29) is 5.91 Å². The molecule has 2 heterocycles. The number of nitrogens with zero attached hydrogens (tertiary/aromatic N) is 4. The molecule has 1 saturated heterocycles. The smallest absolute Gasteiger partial charge is 0.251 e. The molecule has 1 amide bonds. The highest BCUT2D eigenvalue weighted by Gasteiger charge is 2.17. The molecular formula is C23H27N5O. The summed E-state index contributed by atoms with van der Waals surface area (Å²) in [4.78, 5) is 17.2. The van der Waals surface area contributed by atoms with E-state index < -0.39 is 0 Å². The first-order chi connectivity index (χ1) is 14.2. The Hall–Kier alpha value is -3.12. The molecule has 0 atom stereocenters. The van der Waals surface area contributed by atoms with Crippen molar-refractivity contribution < 1.29 is 4.79 Å². The van der Waals surface area contributed by atoms with Crippen LogP contribution >= 0.6 is 0 Å². The van der Waals surface area contributed by atoms with Crippen molar-refractivity contribution in [3.63, 3.8) is 0 Å². The average molecular weight is 390 g/mol. The van der Waals surface area contributed by atoms with Gasteiger partial charge in [-0.3, -0.25) is 9.69 Å². The molecule has 0 saturated carbocycles. The van der Waals surface area contributed by atoms with Crippen LogP contribution in [0, 0.1) is 6.92 Å². The summed E-state index contributed by atoms with van der Waals surface area (Å²) in [5.74, 6) is -0.0309. The number of para-hydroxylation sites is 1. The maximum atomic E-state index is 12.4. The van der Waals surface area contributed by atoms with Gasteiger partial charge in [0.15, 0.2) is 0 Å². The zero-order valence-electron chi connectivity index (χ0n) is 16.8. The quantitative estimate of drug-likeness (QED) is 0.704. The average Bonchev–Trinajstić information content (AvgIpc) is 3.21. The van der Waals surface area contributed by atoms with Gasteiger partial charge in [-0.25, -0.2) is 4.68 Å². The summed E-state index contributed by atoms with van der Waals surface area (Å²) in [7, 11) is 0. The summed E-state index contributed by atoms with van der Waals surface area (Å²) in [5, 5.41) is 7.33. The number of aryl methyl sites for hydroxylation is 1. The second-order valence-electron chi connectivity index (χ2n) is 7.35. The molecule has 0 radical (unpaired) electrons. The predicted octanol–water partition coefficient (Wildman–Crippen LogP) is 2.73. The zero-order chi connectivity index (χ0) is 20.1. The van der Waals surface area contributed by atoms with Crippen LogP contribution in [0.3, 0.4) is 0 Å². The third-order valence-electron chi connectivity index (χ3n) is 5.41. The summed E-state index contributed by atoms with van der Waals surface area (Å²) in [5.41, 5.74) is 3.98. The Bertz CT molecular complexity index is 927. The van der Waals surface area contributed by atoms with Gasteiger partial charge in [0.2, 0.25) is 0 Å². The Morgan fingerprint density at radius 1 is 0.931 bits per heavy atom. The van der Waals surface area contributed by atoms with E-state index in [2.05, 4.69) is 50.5 Å². The molecule has 29 heavy (non-hydrogen) atoms. The van der Waals surface area contributed by atoms with Crippen molar-refractivity contribution in [2.75, 3.05) is 44.2 Å². The molecule has 4 rings (SSSR count). The van der Waals surface area contributed by atoms with Gasteiger partial charge in [-0.05, 0) is 49.4 Å². The van der Waals surface area contributed by atoms with Crippen LogP contribution in [0.4, 0.5) is 5.69 Å². The molecule has 1 aliphatic heterocycles. The molecule has 0 spiro atoms. The lowest BCUT2D eigenvalue weighted by molar-refractivity contribution is 0.0948. The molecule has 1 fully saturated rings. The van der Waals surface area contributed by atoms with Crippen LogP contribution in [0.25, 0.3) is 5.69 Å². The number of anilines is 1. The van der Waals surface area contributed by atoms with Crippen LogP contribution in [-0.4, -0.2) is 59.9 Å². The first-order valence-corrected chi connectivity index (χ1v) is 10.1. The lowest BCUT2D eigenvalue weighted by Crippen LogP contribution is -2.48. The zero-order valence-corrected chi connectivity index (χ0v) is 16.8. The van der Waals surface area contributed by atoms with Crippen LogP contribution < -0.4 is 10.2 Å². The standard InChI is InChI=1S/C23H27N5O/c1-19-11-12-25-28(19)22-9-7-20(8-10-22)23(29)24-13-14-26-15-17-27(18-16-26)21-5-3-2-4-6-21/h2-12H,13-18H2,1H3,(H,24,29). The lowest BCUT2D eigenvalue weighted by Gasteiger charge is -2.36. The SMILES string of the molecule is Cc1ccnn1-c1ccc(C(=O)NCCN2CCN(c3ccccc3)CC2)cc1. The van der Waals surface area contributed by atoms with E-state index in [1.807, 2.05) is 41.9 Å². The lowest BCUT2D eigenvalue weighted by atomic mass is 10.2. The number of nitrogens with one attached hydrogen (secondary N) is 1. The number of carbonyl (C=O) groups is 1. The van der Waals surface area contributed by atoms with E-state index in [0.717, 1.165) is 44.1 Å². The number of aromatic nitrogens is 2. The maximum Gasteiger partial charge on any atom is 0.251 e. The number of hydrogen-bond donors (Lipinski definition) is 1. The Morgan fingerprint density at radius 2 is 1.66 bits per heavy atom. The second-order valence-corrected chi connectivity index (χ2v) is 7.35. The van der Waals surface area contributed by atoms with Crippen molar-refractivity contribution >= 4 is 11.6 Å². The third-order valence-corrected chi connectivity index (χ3v) is 5.41. The van der Waals surface area contributed by atoms with Gasteiger partial charge in [0.1, 0.15) is 0 Å². The Labute approximate surface area is 171 Å². The summed E-state index contributed by atoms with van der Waals surface area (Å²) >= 11 is 0. The van der Waals surface area contributed by atoms with Crippen LogP contribution in [0.2, 0.25) is 0 Å². The van der Waals surface area contributed by atoms with Gasteiger partial charge in [-0.2, -0.15) is 5.10 Å². The van der Waals surface area contributed by atoms with Crippen LogP contribution in [0.15, 0.2) is 66.9 Å². The normalized spacial score (nSPS) is 14.7. The highest BCUT2D eigenvalue weighted by atomic mass is 16.1. The van der Waals surface area contributed by atoms with E-state index in [4.69, 9.17) is 0 Å². The van der Waals surface area contributed by atoms with Crippen molar-refractivity contribution in [3.8, 4) is 5.69 Å². The van der Waals surface area contributed by atoms with Crippen molar-refractivity contribution in [2.45, 2.75) is 6.92 Å². The first kappa shape index (κ1) is 19.2. The number of amides is 1. The van der Waals surface area contributed by atoms with Crippen molar-refractivity contribution in [1.82, 2.24) is 20.0 Å². The van der Waals surface area contributed by atoms with Crippen LogP contribution in [0.5, 0.6) is 0 Å². The fourth-order valence-corrected chi connectivity index (χ4v) is 3.69. The summed E-state index contributed by atoms with van der Waals surface area (Å²) < 4.78 is 1.86. The van der Waals surface area contributed by atoms with Gasteiger partial charge in [0.05, 0.1) is 5.69 Å². The van der Waals surface area contributed by atoms with E-state index in [0.29, 0.717) is 12.1 Å². The minimum atomic E-state index is -0.0309. The van der Waals surface area contributed by atoms with Gasteiger partial charge in [0, 0.05) is 62.4 Å². The van der Waals surface area contributed by atoms with Gasteiger partial charge in [0.25, 0.3) is 5.91 Å². The highest BCUT2D eigenvalue weighted by Crippen LogP contribution is 2.15. The predicted molar refractivity (Wildman–Crippen MR) is 116 cm³/mol. The molecule has 1 aromatic heterocycles. The Balaban J connectivity index is 1.22. The summed E-state index contributed by atoms with van der Waals surface area (Å²) in [6, 6.07) is 20.1. The molecule has 0 bridgehead atoms. The maximum absolute atomic E-state index is 12.4. The second kappa shape index (κ2) is 8.92. The molecule has 2 aromatic carbocycles. The summed E-state index contributed by atoms with van der Waals surface area (Å²) in [6.45, 7) is 7.61. The van der Waals surface area contributed by atoms with E-state index >= 15 is 0 Å². The number of piperazine rings is 1. The number of rotatable bonds is 6. The minimum absolute atomic E-state index is 0.0309. The molecular weight excluding hydrogens is 362 g/mol. The monoisotopic (exact) mass is 389 g/mol. The first-order valence-electron chi connectivity index (χ1n) is 10.1. The number of benzene rings is 2. The molecule has 150 valence electrons. The fraction of sp³-hybridized carbons (Fsp3) is 0.304. The molecule has 6 nitrogen and oxygen atoms in total. The molecule has 1 aliphatic rings. The van der Waals surface area contributed by atoms with Gasteiger partial charge in [-0.15, -0.1) is 0 Å². The molecule has 0 unspecified atom stereocenters. The minimum Gasteiger partial charge on any atom is -0.369 e. The van der Waals surface area contributed by atoms with Gasteiger partial charge >= 0.3 is 0 Å². The Morgan fingerprint density at radius 3 is 2.31 bits per heavy atom. The van der Waals surface area contributed by atoms with Crippen molar-refractivity contribution in [3.05, 3.63) is 78.1 Å². The van der Waals surface area contributed by atoms with Gasteiger partial charge in [-0.1, -0.05) is 18.2 Å². The number of carbonyl (C=O) groups excluding carboxylic acids is 1. The van der Waals surface area contributed by atoms with Gasteiger partial charge < -0.3 is 10.2 Å². The highest BCUT2D eigenvalue weighted by molar-refractivity contribution is 5.94. The molecule has 1 N–H and O–H groups in total. The fourth-order valence-electron chi connectivity index (χ4n) is 3.69. The van der Waals surface area contributed by atoms with Crippen LogP contribution in [-0.2, 0) is 0 Å². The largest absolute Gasteiger partial charge is 0.369 e. The van der Waals surface area contributed by atoms with Crippen molar-refractivity contribution in [1.29, 1.82) is 0 Å². The summed E-state index contributed by atoms with van der Waals surface area (Å²) in [6.07, 6.45) is 1.77. The molecule has 3 aromatic rings. The van der Waals surface area contributed by atoms with Crippen LogP contribution in [0.1, 0.15) is 16.1 Å². The Kier molecular flexibility index (Phi) is 5.91. The molecule has 6 heteroatoms. The number of hydrogen-bond acceptors (Lipinski definition) is 4. The van der Waals surface area contributed by atoms with E-state index in [1.165, 1.54) is 5.69 Å².